The molecule has 1 aromatic carbocycles. The van der Waals surface area contributed by atoms with E-state index in [0.29, 0.717) is 5.56 Å². The number of carbonyl (C=O) groups is 2. The predicted octanol–water partition coefficient (Wildman–Crippen LogP) is 0.537. The summed E-state index contributed by atoms with van der Waals surface area (Å²) in [5.41, 5.74) is 10.4. The molecule has 0 aliphatic heterocycles. The molecule has 17 heavy (non-hydrogen) atoms. The molecule has 1 unspecified atom stereocenters. The first kappa shape index (κ1) is 13.1. The number of nitrogens with two attached hydrogens (primary N) is 2. The van der Waals surface area contributed by atoms with E-state index in [1.165, 1.54) is 18.2 Å². The molecule has 0 aromatic heterocycles. The Hall–Kier alpha value is -1.95. The molecule has 0 aliphatic carbocycles. The third kappa shape index (κ3) is 3.84. The molecule has 2 amide bonds. The molecule has 7 heteroatoms. The van der Waals surface area contributed by atoms with Gasteiger partial charge in [-0.3, -0.25) is 4.79 Å². The Kier molecular flexibility index (Phi) is 4.17. The quantitative estimate of drug-likeness (QED) is 0.731. The second kappa shape index (κ2) is 5.40. The van der Waals surface area contributed by atoms with Gasteiger partial charge in [-0.25, -0.2) is 4.79 Å². The Morgan fingerprint density at radius 1 is 1.41 bits per heavy atom. The first-order valence-corrected chi connectivity index (χ1v) is 5.00. The van der Waals surface area contributed by atoms with Crippen LogP contribution in [0.2, 0.25) is 5.02 Å². The lowest BCUT2D eigenvalue weighted by Gasteiger charge is -2.13. The van der Waals surface area contributed by atoms with Crippen LogP contribution in [0.1, 0.15) is 5.56 Å². The zero-order chi connectivity index (χ0) is 13.0. The van der Waals surface area contributed by atoms with Crippen molar-refractivity contribution in [2.45, 2.75) is 12.5 Å². The van der Waals surface area contributed by atoms with E-state index in [0.717, 1.165) is 0 Å². The summed E-state index contributed by atoms with van der Waals surface area (Å²) < 4.78 is 4.54. The number of phenolic OH excluding ortho intramolecular Hbond substituents is 1. The van der Waals surface area contributed by atoms with Crippen LogP contribution in [0.4, 0.5) is 4.79 Å². The molecule has 0 fully saturated rings. The smallest absolute Gasteiger partial charge is 0.405 e. The van der Waals surface area contributed by atoms with Crippen molar-refractivity contribution >= 4 is 23.6 Å². The highest BCUT2D eigenvalue weighted by Crippen LogP contribution is 2.23. The van der Waals surface area contributed by atoms with Crippen LogP contribution in [-0.4, -0.2) is 23.2 Å². The third-order valence-corrected chi connectivity index (χ3v) is 2.37. The van der Waals surface area contributed by atoms with E-state index in [9.17, 15) is 9.59 Å². The summed E-state index contributed by atoms with van der Waals surface area (Å²) in [7, 11) is 0. The molecule has 1 atom stereocenters. The number of ether oxygens (including phenoxy) is 1. The SMILES string of the molecule is NC(=O)OC(Cc1ccc(O)cc1Cl)C(N)=O. The van der Waals surface area contributed by atoms with Gasteiger partial charge in [-0.1, -0.05) is 17.7 Å². The van der Waals surface area contributed by atoms with E-state index in [1.807, 2.05) is 0 Å². The minimum atomic E-state index is -1.19. The van der Waals surface area contributed by atoms with Gasteiger partial charge in [-0.2, -0.15) is 0 Å². The van der Waals surface area contributed by atoms with Crippen LogP contribution in [-0.2, 0) is 16.0 Å². The monoisotopic (exact) mass is 258 g/mol. The van der Waals surface area contributed by atoms with Crippen molar-refractivity contribution < 1.29 is 19.4 Å². The molecule has 0 bridgehead atoms. The average molecular weight is 259 g/mol. The van der Waals surface area contributed by atoms with Crippen LogP contribution in [0, 0.1) is 0 Å². The van der Waals surface area contributed by atoms with E-state index in [1.54, 1.807) is 0 Å². The predicted molar refractivity (Wildman–Crippen MR) is 60.5 cm³/mol. The maximum atomic E-state index is 11.0. The Bertz CT molecular complexity index is 450. The maximum Gasteiger partial charge on any atom is 0.405 e. The van der Waals surface area contributed by atoms with Crippen LogP contribution in [0.5, 0.6) is 5.75 Å². The fourth-order valence-corrected chi connectivity index (χ4v) is 1.49. The summed E-state index contributed by atoms with van der Waals surface area (Å²) in [5, 5.41) is 9.38. The van der Waals surface area contributed by atoms with Gasteiger partial charge in [0.2, 0.25) is 0 Å². The fraction of sp³-hybridized carbons (Fsp3) is 0.200. The van der Waals surface area contributed by atoms with E-state index < -0.39 is 18.1 Å². The number of phenols is 1. The fourth-order valence-electron chi connectivity index (χ4n) is 1.24. The molecule has 0 spiro atoms. The number of benzene rings is 1. The highest BCUT2D eigenvalue weighted by molar-refractivity contribution is 6.31. The standard InChI is InChI=1S/C10H11ClN2O4/c11-7-4-6(14)2-1-5(7)3-8(9(12)15)17-10(13)16/h1-2,4,8,14H,3H2,(H2,12,15)(H2,13,16). The normalized spacial score (nSPS) is 11.8. The minimum absolute atomic E-state index is 0.00259. The molecule has 0 heterocycles. The van der Waals surface area contributed by atoms with Crippen molar-refractivity contribution in [3.8, 4) is 5.75 Å². The van der Waals surface area contributed by atoms with Crippen LogP contribution < -0.4 is 11.5 Å². The Morgan fingerprint density at radius 2 is 2.06 bits per heavy atom. The number of aromatic hydroxyl groups is 1. The first-order valence-electron chi connectivity index (χ1n) is 4.63. The summed E-state index contributed by atoms with van der Waals surface area (Å²) in [6.07, 6.45) is -2.28. The van der Waals surface area contributed by atoms with E-state index in [4.69, 9.17) is 28.2 Å². The number of amides is 2. The number of halogens is 1. The van der Waals surface area contributed by atoms with Crippen LogP contribution in [0.25, 0.3) is 0 Å². The Morgan fingerprint density at radius 3 is 2.53 bits per heavy atom. The van der Waals surface area contributed by atoms with Gasteiger partial charge in [0.05, 0.1) is 0 Å². The zero-order valence-corrected chi connectivity index (χ0v) is 9.48. The van der Waals surface area contributed by atoms with Crippen molar-refractivity contribution in [2.75, 3.05) is 0 Å². The van der Waals surface area contributed by atoms with E-state index >= 15 is 0 Å². The molecule has 0 saturated heterocycles. The van der Waals surface area contributed by atoms with Gasteiger partial charge in [-0.05, 0) is 17.7 Å². The molecule has 5 N–H and O–H groups in total. The summed E-state index contributed by atoms with van der Waals surface area (Å²) in [4.78, 5) is 21.6. The van der Waals surface area contributed by atoms with Crippen LogP contribution in [0.15, 0.2) is 18.2 Å². The number of rotatable bonds is 4. The molecule has 1 rings (SSSR count). The molecule has 1 aromatic rings. The maximum absolute atomic E-state index is 11.0. The van der Waals surface area contributed by atoms with Gasteiger partial charge < -0.3 is 21.3 Å². The first-order chi connectivity index (χ1) is 7.90. The van der Waals surface area contributed by atoms with Gasteiger partial charge in [0.1, 0.15) is 5.75 Å². The Labute approximate surface area is 102 Å². The van der Waals surface area contributed by atoms with Gasteiger partial charge in [-0.15, -0.1) is 0 Å². The average Bonchev–Trinajstić information content (AvgIpc) is 2.19. The highest BCUT2D eigenvalue weighted by atomic mass is 35.5. The second-order valence-corrected chi connectivity index (χ2v) is 3.71. The number of carbonyl (C=O) groups excluding carboxylic acids is 2. The molecule has 92 valence electrons. The lowest BCUT2D eigenvalue weighted by Crippen LogP contribution is -2.36. The highest BCUT2D eigenvalue weighted by Gasteiger charge is 2.20. The molecular formula is C10H11ClN2O4. The van der Waals surface area contributed by atoms with Crippen LogP contribution >= 0.6 is 11.6 Å². The Balaban J connectivity index is 2.86. The zero-order valence-electron chi connectivity index (χ0n) is 8.72. The summed E-state index contributed by atoms with van der Waals surface area (Å²) >= 11 is 5.83. The van der Waals surface area contributed by atoms with Gasteiger partial charge >= 0.3 is 6.09 Å². The molecule has 6 nitrogen and oxygen atoms in total. The van der Waals surface area contributed by atoms with Crippen LogP contribution in [0.3, 0.4) is 0 Å². The minimum Gasteiger partial charge on any atom is -0.508 e. The lowest BCUT2D eigenvalue weighted by molar-refractivity contribution is -0.126. The van der Waals surface area contributed by atoms with Crippen molar-refractivity contribution in [2.24, 2.45) is 11.5 Å². The number of primary amides is 2. The largest absolute Gasteiger partial charge is 0.508 e. The third-order valence-electron chi connectivity index (χ3n) is 2.02. The molecule has 0 radical (unpaired) electrons. The topological polar surface area (TPSA) is 116 Å². The van der Waals surface area contributed by atoms with Gasteiger partial charge in [0.25, 0.3) is 5.91 Å². The van der Waals surface area contributed by atoms with Crippen molar-refractivity contribution in [3.05, 3.63) is 28.8 Å². The van der Waals surface area contributed by atoms with E-state index in [-0.39, 0.29) is 17.2 Å². The molecular weight excluding hydrogens is 248 g/mol. The van der Waals surface area contributed by atoms with Gasteiger partial charge in [0.15, 0.2) is 6.10 Å². The van der Waals surface area contributed by atoms with Crippen molar-refractivity contribution in [3.63, 3.8) is 0 Å². The van der Waals surface area contributed by atoms with Crippen molar-refractivity contribution in [1.29, 1.82) is 0 Å². The second-order valence-electron chi connectivity index (χ2n) is 3.31. The summed E-state index contributed by atoms with van der Waals surface area (Å²) in [6, 6.07) is 4.20. The summed E-state index contributed by atoms with van der Waals surface area (Å²) in [6.45, 7) is 0. The molecule has 0 saturated carbocycles. The van der Waals surface area contributed by atoms with Gasteiger partial charge in [0, 0.05) is 11.4 Å². The number of hydrogen-bond donors (Lipinski definition) is 3. The van der Waals surface area contributed by atoms with Crippen molar-refractivity contribution in [1.82, 2.24) is 0 Å². The number of hydrogen-bond acceptors (Lipinski definition) is 4. The van der Waals surface area contributed by atoms with E-state index in [2.05, 4.69) is 4.74 Å². The molecule has 0 aliphatic rings. The summed E-state index contributed by atoms with van der Waals surface area (Å²) in [5.74, 6) is -0.835. The lowest BCUT2D eigenvalue weighted by atomic mass is 10.1.